The van der Waals surface area contributed by atoms with E-state index in [0.717, 1.165) is 42.1 Å². The first-order valence-electron chi connectivity index (χ1n) is 8.87. The van der Waals surface area contributed by atoms with E-state index in [4.69, 9.17) is 0 Å². The lowest BCUT2D eigenvalue weighted by molar-refractivity contribution is -0.116. The van der Waals surface area contributed by atoms with E-state index in [1.807, 2.05) is 18.2 Å². The quantitative estimate of drug-likeness (QED) is 0.840. The van der Waals surface area contributed by atoms with Gasteiger partial charge >= 0.3 is 0 Å². The second-order valence-corrected chi connectivity index (χ2v) is 7.35. The first kappa shape index (κ1) is 17.5. The second kappa shape index (κ2) is 8.17. The molecule has 1 aliphatic carbocycles. The molecule has 1 aromatic carbocycles. The van der Waals surface area contributed by atoms with Crippen LogP contribution in [0.3, 0.4) is 0 Å². The number of hydrogen-bond acceptors (Lipinski definition) is 4. The molecule has 1 aliphatic rings. The molecule has 0 spiro atoms. The summed E-state index contributed by atoms with van der Waals surface area (Å²) in [6.45, 7) is 3.61. The largest absolute Gasteiger partial charge is 0.371 e. The van der Waals surface area contributed by atoms with E-state index in [-0.39, 0.29) is 5.91 Å². The van der Waals surface area contributed by atoms with Crippen molar-refractivity contribution in [3.8, 4) is 6.07 Å². The van der Waals surface area contributed by atoms with Gasteiger partial charge in [-0.25, -0.2) is 0 Å². The number of thiophene rings is 1. The van der Waals surface area contributed by atoms with Crippen LogP contribution in [0.5, 0.6) is 0 Å². The van der Waals surface area contributed by atoms with E-state index in [0.29, 0.717) is 18.5 Å². The number of anilines is 2. The molecule has 0 saturated heterocycles. The zero-order valence-corrected chi connectivity index (χ0v) is 15.4. The number of nitrogens with one attached hydrogen (secondary N) is 1. The molecule has 0 atom stereocenters. The van der Waals surface area contributed by atoms with Gasteiger partial charge in [0.05, 0.1) is 5.56 Å². The molecule has 25 heavy (non-hydrogen) atoms. The number of nitrogens with zero attached hydrogens (tertiary/aromatic N) is 2. The average Bonchev–Trinajstić information content (AvgIpc) is 3.00. The molecule has 0 bridgehead atoms. The average molecular weight is 353 g/mol. The maximum Gasteiger partial charge on any atom is 0.226 e. The molecule has 0 fully saturated rings. The summed E-state index contributed by atoms with van der Waals surface area (Å²) in [5.41, 5.74) is 2.97. The summed E-state index contributed by atoms with van der Waals surface area (Å²) in [5, 5.41) is 13.2. The molecule has 0 aliphatic heterocycles. The standard InChI is InChI=1S/C20H23N3OS/c1-2-23(15-8-4-3-5-9-15)13-12-19(24)22-20-17(14-21)16-10-6-7-11-18(16)25-20/h3-5,8-9H,2,6-7,10-13H2,1H3,(H,22,24). The number of carbonyl (C=O) groups excluding carboxylic acids is 1. The summed E-state index contributed by atoms with van der Waals surface area (Å²) in [6, 6.07) is 12.4. The minimum atomic E-state index is -0.0236. The van der Waals surface area contributed by atoms with Crippen LogP contribution in [-0.2, 0) is 17.6 Å². The minimum absolute atomic E-state index is 0.0236. The molecule has 5 heteroatoms. The number of fused-ring (bicyclic) bond motifs is 1. The Bertz CT molecular complexity index is 776. The fourth-order valence-corrected chi connectivity index (χ4v) is 4.56. The van der Waals surface area contributed by atoms with Gasteiger partial charge in [0.25, 0.3) is 0 Å². The molecule has 3 rings (SSSR count). The van der Waals surface area contributed by atoms with Crippen molar-refractivity contribution < 1.29 is 4.79 Å². The molecule has 1 heterocycles. The fraction of sp³-hybridized carbons (Fsp3) is 0.400. The van der Waals surface area contributed by atoms with Crippen molar-refractivity contribution in [1.82, 2.24) is 0 Å². The highest BCUT2D eigenvalue weighted by molar-refractivity contribution is 7.16. The number of carbonyl (C=O) groups is 1. The third-order valence-electron chi connectivity index (χ3n) is 4.65. The van der Waals surface area contributed by atoms with Crippen LogP contribution in [0.4, 0.5) is 10.7 Å². The predicted molar refractivity (Wildman–Crippen MR) is 103 cm³/mol. The Balaban J connectivity index is 1.63. The normalized spacial score (nSPS) is 13.0. The van der Waals surface area contributed by atoms with Crippen molar-refractivity contribution in [1.29, 1.82) is 5.26 Å². The maximum absolute atomic E-state index is 12.4. The van der Waals surface area contributed by atoms with Crippen molar-refractivity contribution in [3.05, 3.63) is 46.3 Å². The Kier molecular flexibility index (Phi) is 5.72. The Morgan fingerprint density at radius 2 is 2.04 bits per heavy atom. The molecule has 130 valence electrons. The maximum atomic E-state index is 12.4. The van der Waals surface area contributed by atoms with Crippen molar-refractivity contribution in [2.75, 3.05) is 23.3 Å². The van der Waals surface area contributed by atoms with Gasteiger partial charge < -0.3 is 10.2 Å². The van der Waals surface area contributed by atoms with Gasteiger partial charge in [0.15, 0.2) is 0 Å². The summed E-state index contributed by atoms with van der Waals surface area (Å²) in [4.78, 5) is 15.9. The van der Waals surface area contributed by atoms with Crippen molar-refractivity contribution in [2.45, 2.75) is 39.0 Å². The molecular formula is C20H23N3OS. The topological polar surface area (TPSA) is 56.1 Å². The highest BCUT2D eigenvalue weighted by Crippen LogP contribution is 2.37. The van der Waals surface area contributed by atoms with E-state index >= 15 is 0 Å². The first-order chi connectivity index (χ1) is 12.2. The molecule has 2 aromatic rings. The summed E-state index contributed by atoms with van der Waals surface area (Å²) < 4.78 is 0. The lowest BCUT2D eigenvalue weighted by atomic mass is 9.96. The summed E-state index contributed by atoms with van der Waals surface area (Å²) in [6.07, 6.45) is 4.71. The Morgan fingerprint density at radius 3 is 2.76 bits per heavy atom. The zero-order valence-electron chi connectivity index (χ0n) is 14.5. The fourth-order valence-electron chi connectivity index (χ4n) is 3.31. The Morgan fingerprint density at radius 1 is 1.28 bits per heavy atom. The van der Waals surface area contributed by atoms with Gasteiger partial charge in [0, 0.05) is 30.1 Å². The monoisotopic (exact) mass is 353 g/mol. The molecule has 0 unspecified atom stereocenters. The third kappa shape index (κ3) is 4.02. The van der Waals surface area contributed by atoms with Crippen molar-refractivity contribution in [3.63, 3.8) is 0 Å². The zero-order chi connectivity index (χ0) is 17.6. The van der Waals surface area contributed by atoms with E-state index in [2.05, 4.69) is 35.3 Å². The van der Waals surface area contributed by atoms with Gasteiger partial charge in [-0.15, -0.1) is 11.3 Å². The molecule has 1 N–H and O–H groups in total. The lowest BCUT2D eigenvalue weighted by Gasteiger charge is -2.22. The lowest BCUT2D eigenvalue weighted by Crippen LogP contribution is -2.27. The first-order valence-corrected chi connectivity index (χ1v) is 9.69. The van der Waals surface area contributed by atoms with Gasteiger partial charge in [-0.3, -0.25) is 4.79 Å². The molecular weight excluding hydrogens is 330 g/mol. The van der Waals surface area contributed by atoms with E-state index in [1.165, 1.54) is 11.3 Å². The molecule has 1 amide bonds. The van der Waals surface area contributed by atoms with Gasteiger partial charge in [-0.05, 0) is 50.3 Å². The van der Waals surface area contributed by atoms with Gasteiger partial charge in [0.2, 0.25) is 5.91 Å². The number of rotatable bonds is 6. The number of benzene rings is 1. The third-order valence-corrected chi connectivity index (χ3v) is 5.86. The van der Waals surface area contributed by atoms with Crippen molar-refractivity contribution in [2.24, 2.45) is 0 Å². The van der Waals surface area contributed by atoms with E-state index in [9.17, 15) is 10.1 Å². The van der Waals surface area contributed by atoms with Crippen LogP contribution in [-0.4, -0.2) is 19.0 Å². The van der Waals surface area contributed by atoms with Crippen molar-refractivity contribution >= 4 is 27.9 Å². The highest BCUT2D eigenvalue weighted by Gasteiger charge is 2.21. The molecule has 4 nitrogen and oxygen atoms in total. The smallest absolute Gasteiger partial charge is 0.226 e. The second-order valence-electron chi connectivity index (χ2n) is 6.24. The number of hydrogen-bond donors (Lipinski definition) is 1. The van der Waals surface area contributed by atoms with E-state index < -0.39 is 0 Å². The van der Waals surface area contributed by atoms with Crippen LogP contribution in [0, 0.1) is 11.3 Å². The Hall–Kier alpha value is -2.32. The van der Waals surface area contributed by atoms with Crippen LogP contribution < -0.4 is 10.2 Å². The van der Waals surface area contributed by atoms with Crippen LogP contribution in [0.1, 0.15) is 42.2 Å². The van der Waals surface area contributed by atoms with Crippen LogP contribution in [0.2, 0.25) is 0 Å². The van der Waals surface area contributed by atoms with E-state index in [1.54, 1.807) is 11.3 Å². The van der Waals surface area contributed by atoms with Gasteiger partial charge in [-0.2, -0.15) is 5.26 Å². The summed E-state index contributed by atoms with van der Waals surface area (Å²) in [5.74, 6) is -0.0236. The molecule has 0 radical (unpaired) electrons. The summed E-state index contributed by atoms with van der Waals surface area (Å²) >= 11 is 1.58. The van der Waals surface area contributed by atoms with Crippen LogP contribution >= 0.6 is 11.3 Å². The van der Waals surface area contributed by atoms with Gasteiger partial charge in [0.1, 0.15) is 11.1 Å². The van der Waals surface area contributed by atoms with Gasteiger partial charge in [-0.1, -0.05) is 18.2 Å². The predicted octanol–water partition coefficient (Wildman–Crippen LogP) is 4.35. The van der Waals surface area contributed by atoms with Crippen LogP contribution in [0.25, 0.3) is 0 Å². The van der Waals surface area contributed by atoms with Crippen LogP contribution in [0.15, 0.2) is 30.3 Å². The summed E-state index contributed by atoms with van der Waals surface area (Å²) in [7, 11) is 0. The minimum Gasteiger partial charge on any atom is -0.371 e. The number of para-hydroxylation sites is 1. The number of aryl methyl sites for hydroxylation is 1. The SMILES string of the molecule is CCN(CCC(=O)Nc1sc2c(c1C#N)CCCC2)c1ccccc1. The highest BCUT2D eigenvalue weighted by atomic mass is 32.1. The molecule has 0 saturated carbocycles. The number of amides is 1. The Labute approximate surface area is 153 Å². The number of nitriles is 1. The molecule has 1 aromatic heterocycles.